The van der Waals surface area contributed by atoms with Crippen molar-refractivity contribution in [1.82, 2.24) is 10.2 Å². The number of hydrogen-bond acceptors (Lipinski definition) is 6. The largest absolute Gasteiger partial charge is 0.493 e. The average Bonchev–Trinajstić information content (AvgIpc) is 2.80. The molecule has 0 saturated carbocycles. The first kappa shape index (κ1) is 24.9. The van der Waals surface area contributed by atoms with Gasteiger partial charge in [-0.3, -0.25) is 15.0 Å². The van der Waals surface area contributed by atoms with Crippen LogP contribution < -0.4 is 15.8 Å². The Hall–Kier alpha value is -3.18. The van der Waals surface area contributed by atoms with E-state index in [-0.39, 0.29) is 23.7 Å². The Bertz CT molecular complexity index is 1140. The number of guanidine groups is 1. The van der Waals surface area contributed by atoms with Gasteiger partial charge in [-0.25, -0.2) is 9.38 Å². The van der Waals surface area contributed by atoms with Gasteiger partial charge < -0.3 is 15.6 Å². The number of nitrogens with two attached hydrogens (primary N) is 1. The number of carbonyl (C=O) groups excluding carboxylic acids is 1. The lowest BCUT2D eigenvalue weighted by atomic mass is 9.89. The molecule has 2 aliphatic rings. The summed E-state index contributed by atoms with van der Waals surface area (Å²) in [7, 11) is 0. The maximum absolute atomic E-state index is 14.4. The number of nitrogens with one attached hydrogen (secondary N) is 1. The van der Waals surface area contributed by atoms with Crippen LogP contribution in [0.4, 0.5) is 17.6 Å². The molecule has 0 fully saturated rings. The molecule has 2 aliphatic heterocycles. The topological polar surface area (TPSA) is 100 Å². The molecule has 0 radical (unpaired) electrons. The van der Waals surface area contributed by atoms with E-state index in [0.29, 0.717) is 18.8 Å². The zero-order chi connectivity index (χ0) is 25.4. The summed E-state index contributed by atoms with van der Waals surface area (Å²) < 4.78 is 60.7. The molecule has 4 rings (SSSR count). The number of halogens is 4. The third-order valence-electron chi connectivity index (χ3n) is 6.42. The van der Waals surface area contributed by atoms with Gasteiger partial charge in [0, 0.05) is 18.0 Å². The quantitative estimate of drug-likeness (QED) is 0.420. The first-order valence-electron chi connectivity index (χ1n) is 11.2. The lowest BCUT2D eigenvalue weighted by Gasteiger charge is -2.38. The van der Waals surface area contributed by atoms with Crippen molar-refractivity contribution >= 4 is 11.9 Å². The summed E-state index contributed by atoms with van der Waals surface area (Å²) >= 11 is 0. The fourth-order valence-corrected chi connectivity index (χ4v) is 4.44. The van der Waals surface area contributed by atoms with E-state index in [4.69, 9.17) is 10.5 Å². The van der Waals surface area contributed by atoms with Crippen molar-refractivity contribution in [2.75, 3.05) is 6.61 Å². The van der Waals surface area contributed by atoms with Gasteiger partial charge in [-0.05, 0) is 41.8 Å². The first-order valence-corrected chi connectivity index (χ1v) is 11.2. The molecule has 1 unspecified atom stereocenters. The molecule has 0 aliphatic carbocycles. The van der Waals surface area contributed by atoms with Crippen molar-refractivity contribution in [2.45, 2.75) is 56.7 Å². The number of para-hydroxylation sites is 1. The highest BCUT2D eigenvalue weighted by Crippen LogP contribution is 2.42. The Kier molecular flexibility index (Phi) is 6.74. The second kappa shape index (κ2) is 9.46. The second-order valence-corrected chi connectivity index (χ2v) is 8.70. The molecule has 1 amide bonds. The summed E-state index contributed by atoms with van der Waals surface area (Å²) in [5.74, 6) is -1.42. The Morgan fingerprint density at radius 3 is 2.74 bits per heavy atom. The molecule has 3 atom stereocenters. The number of nitrogens with zero attached hydrogens (tertiary/aromatic N) is 2. The van der Waals surface area contributed by atoms with Crippen molar-refractivity contribution in [3.05, 3.63) is 65.0 Å². The Morgan fingerprint density at radius 2 is 2.06 bits per heavy atom. The molecule has 0 saturated heterocycles. The van der Waals surface area contributed by atoms with E-state index in [9.17, 15) is 27.5 Å². The highest BCUT2D eigenvalue weighted by Gasteiger charge is 2.57. The zero-order valence-electron chi connectivity index (χ0n) is 19.0. The molecule has 2 aromatic rings. The van der Waals surface area contributed by atoms with E-state index >= 15 is 0 Å². The summed E-state index contributed by atoms with van der Waals surface area (Å²) in [5, 5.41) is 13.8. The molecule has 35 heavy (non-hydrogen) atoms. The maximum Gasteiger partial charge on any atom is 0.414 e. The molecular formula is C24H26F4N4O3. The smallest absolute Gasteiger partial charge is 0.414 e. The summed E-state index contributed by atoms with van der Waals surface area (Å²) in [6.07, 6.45) is -6.72. The average molecular weight is 494 g/mol. The number of carbonyl (C=O) groups is 1. The predicted octanol–water partition coefficient (Wildman–Crippen LogP) is 3.69. The Labute approximate surface area is 199 Å². The molecule has 188 valence electrons. The molecule has 0 spiro atoms. The predicted molar refractivity (Wildman–Crippen MR) is 120 cm³/mol. The van der Waals surface area contributed by atoms with Crippen molar-refractivity contribution in [3.8, 4) is 5.75 Å². The zero-order valence-corrected chi connectivity index (χ0v) is 19.0. The van der Waals surface area contributed by atoms with Crippen molar-refractivity contribution in [2.24, 2.45) is 10.7 Å². The van der Waals surface area contributed by atoms with E-state index in [1.54, 1.807) is 0 Å². The van der Waals surface area contributed by atoms with Gasteiger partial charge in [0.1, 0.15) is 17.8 Å². The number of hydrogen-bond donors (Lipinski definition) is 3. The molecule has 2 heterocycles. The third-order valence-corrected chi connectivity index (χ3v) is 6.42. The number of aliphatic imine (C=N–C) groups is 1. The number of fused-ring (bicyclic) bond motifs is 1. The summed E-state index contributed by atoms with van der Waals surface area (Å²) in [6, 6.07) is 10.9. The number of rotatable bonds is 6. The van der Waals surface area contributed by atoms with Crippen LogP contribution in [0, 0.1) is 5.82 Å². The van der Waals surface area contributed by atoms with Crippen LogP contribution in [0.1, 0.15) is 55.1 Å². The minimum absolute atomic E-state index is 0.196. The SMILES string of the molecule is CC[C@@]1(C(F)(F)F)CC(=O)N(Cc2cc(F)cc(C(O)N[C@H]3CCOc4ccccc43)c2)C(N)=N1. The molecule has 0 aromatic heterocycles. The van der Waals surface area contributed by atoms with Crippen LogP contribution in [-0.4, -0.2) is 40.2 Å². The number of aliphatic hydroxyl groups is 1. The Morgan fingerprint density at radius 1 is 1.31 bits per heavy atom. The lowest BCUT2D eigenvalue weighted by Crippen LogP contribution is -2.56. The van der Waals surface area contributed by atoms with Crippen LogP contribution in [0.3, 0.4) is 0 Å². The van der Waals surface area contributed by atoms with Gasteiger partial charge in [0.05, 0.1) is 19.6 Å². The number of benzene rings is 2. The van der Waals surface area contributed by atoms with Gasteiger partial charge in [0.25, 0.3) is 0 Å². The van der Waals surface area contributed by atoms with Gasteiger partial charge in [-0.2, -0.15) is 13.2 Å². The molecule has 4 N–H and O–H groups in total. The monoisotopic (exact) mass is 494 g/mol. The van der Waals surface area contributed by atoms with Crippen LogP contribution >= 0.6 is 0 Å². The van der Waals surface area contributed by atoms with Gasteiger partial charge in [-0.1, -0.05) is 25.1 Å². The normalized spacial score (nSPS) is 23.4. The minimum Gasteiger partial charge on any atom is -0.493 e. The van der Waals surface area contributed by atoms with Gasteiger partial charge in [-0.15, -0.1) is 0 Å². The molecule has 7 nitrogen and oxygen atoms in total. The fourth-order valence-electron chi connectivity index (χ4n) is 4.44. The van der Waals surface area contributed by atoms with E-state index in [1.807, 2.05) is 24.3 Å². The minimum atomic E-state index is -4.74. The Balaban J connectivity index is 1.54. The van der Waals surface area contributed by atoms with Crippen LogP contribution in [-0.2, 0) is 11.3 Å². The molecular weight excluding hydrogens is 468 g/mol. The third kappa shape index (κ3) is 4.96. The second-order valence-electron chi connectivity index (χ2n) is 8.70. The number of ether oxygens (including phenoxy) is 1. The van der Waals surface area contributed by atoms with E-state index in [2.05, 4.69) is 10.3 Å². The number of amides is 1. The number of alkyl halides is 3. The highest BCUT2D eigenvalue weighted by molar-refractivity contribution is 5.99. The van der Waals surface area contributed by atoms with E-state index < -0.39 is 48.5 Å². The van der Waals surface area contributed by atoms with Crippen LogP contribution in [0.2, 0.25) is 0 Å². The van der Waals surface area contributed by atoms with Crippen LogP contribution in [0.25, 0.3) is 0 Å². The number of aliphatic hydroxyl groups excluding tert-OH is 1. The first-order chi connectivity index (χ1) is 16.5. The summed E-state index contributed by atoms with van der Waals surface area (Å²) in [6.45, 7) is 1.45. The van der Waals surface area contributed by atoms with E-state index in [0.717, 1.165) is 22.6 Å². The van der Waals surface area contributed by atoms with Crippen LogP contribution in [0.15, 0.2) is 47.5 Å². The van der Waals surface area contributed by atoms with E-state index in [1.165, 1.54) is 13.0 Å². The van der Waals surface area contributed by atoms with Gasteiger partial charge in [0.15, 0.2) is 11.5 Å². The van der Waals surface area contributed by atoms with Crippen molar-refractivity contribution in [1.29, 1.82) is 0 Å². The molecule has 2 aromatic carbocycles. The maximum atomic E-state index is 14.4. The fraction of sp³-hybridized carbons (Fsp3) is 0.417. The van der Waals surface area contributed by atoms with Gasteiger partial charge in [0.2, 0.25) is 5.91 Å². The summed E-state index contributed by atoms with van der Waals surface area (Å²) in [5.41, 5.74) is 4.49. The molecule has 0 bridgehead atoms. The van der Waals surface area contributed by atoms with Gasteiger partial charge >= 0.3 is 6.18 Å². The van der Waals surface area contributed by atoms with Crippen molar-refractivity contribution < 1.29 is 32.2 Å². The molecule has 11 heteroatoms. The summed E-state index contributed by atoms with van der Waals surface area (Å²) in [4.78, 5) is 17.1. The van der Waals surface area contributed by atoms with Crippen molar-refractivity contribution in [3.63, 3.8) is 0 Å². The highest BCUT2D eigenvalue weighted by atomic mass is 19.4. The van der Waals surface area contributed by atoms with Crippen LogP contribution in [0.5, 0.6) is 5.75 Å². The standard InChI is InChI=1S/C24H26F4N4O3/c1-2-23(24(26,27)28)12-20(33)32(22(29)31-23)13-14-9-15(11-16(25)10-14)21(34)30-18-7-8-35-19-6-4-3-5-17(18)19/h3-6,9-11,18,21,30,34H,2,7-8,12-13H2,1H3,(H2,29,31)/t18-,21?,23-/m0/s1. The lowest BCUT2D eigenvalue weighted by molar-refractivity contribution is -0.193.